The Morgan fingerprint density at radius 3 is 1.48 bits per heavy atom. The molecule has 0 aliphatic heterocycles. The maximum atomic E-state index is 15.3. The van der Waals surface area contributed by atoms with Crippen molar-refractivity contribution in [1.29, 1.82) is 0 Å². The van der Waals surface area contributed by atoms with E-state index in [1.54, 1.807) is 41.3 Å². The summed E-state index contributed by atoms with van der Waals surface area (Å²) in [6, 6.07) is 48.6. The van der Waals surface area contributed by atoms with Crippen LogP contribution < -0.4 is 4.90 Å². The Bertz CT molecular complexity index is 1740. The molecule has 40 heavy (non-hydrogen) atoms. The van der Waals surface area contributed by atoms with Crippen LogP contribution >= 0.6 is 0 Å². The van der Waals surface area contributed by atoms with E-state index in [1.165, 1.54) is 17.7 Å². The molecule has 0 saturated heterocycles. The summed E-state index contributed by atoms with van der Waals surface area (Å²) in [5.74, 6) is -0.848. The van der Waals surface area contributed by atoms with Crippen molar-refractivity contribution < 1.29 is 8.78 Å². The first-order chi connectivity index (χ1) is 19.7. The summed E-state index contributed by atoms with van der Waals surface area (Å²) in [6.07, 6.45) is 0. The molecule has 0 aromatic heterocycles. The quantitative estimate of drug-likeness (QED) is 0.218. The molecule has 6 aromatic rings. The lowest BCUT2D eigenvalue weighted by atomic mass is 9.67. The van der Waals surface area contributed by atoms with E-state index in [0.29, 0.717) is 5.69 Å². The van der Waals surface area contributed by atoms with E-state index in [4.69, 9.17) is 0 Å². The number of nitrogens with zero attached hydrogens (tertiary/aromatic N) is 1. The summed E-state index contributed by atoms with van der Waals surface area (Å²) < 4.78 is 30.7. The van der Waals surface area contributed by atoms with E-state index in [9.17, 15) is 0 Å². The van der Waals surface area contributed by atoms with Crippen LogP contribution in [0.2, 0.25) is 0 Å². The smallest absolute Gasteiger partial charge is 0.147 e. The highest BCUT2D eigenvalue weighted by Crippen LogP contribution is 2.57. The molecule has 0 radical (unpaired) electrons. The first-order valence-electron chi connectivity index (χ1n) is 13.3. The van der Waals surface area contributed by atoms with Crippen LogP contribution in [0.3, 0.4) is 0 Å². The molecule has 0 heterocycles. The SMILES string of the molecule is Fc1ccccc1N(c1ccc2c(c1)C(c1ccccc1)(c1ccccc1)c1ccccc1-2)c1ccccc1F. The van der Waals surface area contributed by atoms with Crippen molar-refractivity contribution in [2.75, 3.05) is 4.90 Å². The molecule has 0 amide bonds. The molecule has 1 nitrogen and oxygen atoms in total. The van der Waals surface area contributed by atoms with E-state index in [-0.39, 0.29) is 11.4 Å². The Morgan fingerprint density at radius 1 is 0.425 bits per heavy atom. The Labute approximate surface area is 232 Å². The third kappa shape index (κ3) is 3.59. The summed E-state index contributed by atoms with van der Waals surface area (Å²) in [4.78, 5) is 1.68. The van der Waals surface area contributed by atoms with Gasteiger partial charge in [0.2, 0.25) is 0 Å². The highest BCUT2D eigenvalue weighted by atomic mass is 19.1. The highest BCUT2D eigenvalue weighted by Gasteiger charge is 2.46. The van der Waals surface area contributed by atoms with Crippen molar-refractivity contribution in [3.05, 3.63) is 186 Å². The van der Waals surface area contributed by atoms with Gasteiger partial charge in [0.25, 0.3) is 0 Å². The molecule has 192 valence electrons. The molecule has 0 bridgehead atoms. The molecule has 0 saturated carbocycles. The molecule has 0 spiro atoms. The monoisotopic (exact) mass is 521 g/mol. The zero-order valence-electron chi connectivity index (χ0n) is 21.6. The predicted molar refractivity (Wildman–Crippen MR) is 158 cm³/mol. The van der Waals surface area contributed by atoms with Gasteiger partial charge in [-0.1, -0.05) is 115 Å². The van der Waals surface area contributed by atoms with Crippen molar-refractivity contribution in [1.82, 2.24) is 0 Å². The van der Waals surface area contributed by atoms with Gasteiger partial charge in [-0.25, -0.2) is 8.78 Å². The number of fused-ring (bicyclic) bond motifs is 3. The minimum atomic E-state index is -0.611. The largest absolute Gasteiger partial charge is 0.305 e. The third-order valence-corrected chi connectivity index (χ3v) is 7.89. The second kappa shape index (κ2) is 9.62. The molecule has 6 aromatic carbocycles. The van der Waals surface area contributed by atoms with Gasteiger partial charge < -0.3 is 4.90 Å². The van der Waals surface area contributed by atoms with Crippen LogP contribution in [0.15, 0.2) is 152 Å². The maximum absolute atomic E-state index is 15.3. The Morgan fingerprint density at radius 2 is 0.900 bits per heavy atom. The molecule has 1 aliphatic carbocycles. The van der Waals surface area contributed by atoms with Gasteiger partial charge in [0.05, 0.1) is 16.8 Å². The van der Waals surface area contributed by atoms with E-state index in [0.717, 1.165) is 27.8 Å². The second-order valence-electron chi connectivity index (χ2n) is 10.00. The van der Waals surface area contributed by atoms with Crippen LogP contribution in [0.1, 0.15) is 22.3 Å². The average molecular weight is 522 g/mol. The Hall–Kier alpha value is -5.02. The van der Waals surface area contributed by atoms with Crippen LogP contribution in [0, 0.1) is 11.6 Å². The van der Waals surface area contributed by atoms with E-state index in [1.807, 2.05) is 18.2 Å². The maximum Gasteiger partial charge on any atom is 0.147 e. The topological polar surface area (TPSA) is 3.24 Å². The number of hydrogen-bond donors (Lipinski definition) is 0. The Balaban J connectivity index is 1.57. The van der Waals surface area contributed by atoms with Crippen molar-refractivity contribution in [2.24, 2.45) is 0 Å². The van der Waals surface area contributed by atoms with Crippen molar-refractivity contribution >= 4 is 17.1 Å². The van der Waals surface area contributed by atoms with Crippen LogP contribution in [-0.4, -0.2) is 0 Å². The number of rotatable bonds is 5. The van der Waals surface area contributed by atoms with Gasteiger partial charge >= 0.3 is 0 Å². The molecular weight excluding hydrogens is 496 g/mol. The van der Waals surface area contributed by atoms with Crippen molar-refractivity contribution in [3.8, 4) is 11.1 Å². The number of para-hydroxylation sites is 2. The van der Waals surface area contributed by atoms with Gasteiger partial charge in [0, 0.05) is 5.69 Å². The molecule has 0 N–H and O–H groups in total. The van der Waals surface area contributed by atoms with Gasteiger partial charge in [-0.2, -0.15) is 0 Å². The highest BCUT2D eigenvalue weighted by molar-refractivity contribution is 5.89. The number of hydrogen-bond acceptors (Lipinski definition) is 1. The van der Waals surface area contributed by atoms with Gasteiger partial charge in [-0.3, -0.25) is 0 Å². The molecule has 0 fully saturated rings. The lowest BCUT2D eigenvalue weighted by molar-refractivity contribution is 0.619. The number of benzene rings is 6. The summed E-state index contributed by atoms with van der Waals surface area (Å²) in [6.45, 7) is 0. The number of halogens is 2. The minimum absolute atomic E-state index is 0.285. The summed E-state index contributed by atoms with van der Waals surface area (Å²) >= 11 is 0. The van der Waals surface area contributed by atoms with Gasteiger partial charge in [0.1, 0.15) is 11.6 Å². The van der Waals surface area contributed by atoms with E-state index < -0.39 is 17.0 Å². The molecular formula is C37H25F2N. The van der Waals surface area contributed by atoms with Crippen molar-refractivity contribution in [3.63, 3.8) is 0 Å². The van der Waals surface area contributed by atoms with E-state index in [2.05, 4.69) is 84.9 Å². The molecule has 1 aliphatic rings. The Kier molecular flexibility index (Phi) is 5.78. The summed E-state index contributed by atoms with van der Waals surface area (Å²) in [5.41, 5.74) is 7.42. The van der Waals surface area contributed by atoms with Gasteiger partial charge in [0.15, 0.2) is 0 Å². The second-order valence-corrected chi connectivity index (χ2v) is 10.00. The van der Waals surface area contributed by atoms with Gasteiger partial charge in [-0.05, 0) is 69.8 Å². The summed E-state index contributed by atoms with van der Waals surface area (Å²) in [7, 11) is 0. The van der Waals surface area contributed by atoms with Crippen LogP contribution in [0.5, 0.6) is 0 Å². The minimum Gasteiger partial charge on any atom is -0.305 e. The fourth-order valence-electron chi connectivity index (χ4n) is 6.25. The van der Waals surface area contributed by atoms with Crippen LogP contribution in [-0.2, 0) is 5.41 Å². The predicted octanol–water partition coefficient (Wildman–Crippen LogP) is 9.80. The normalized spacial score (nSPS) is 12.9. The summed E-state index contributed by atoms with van der Waals surface area (Å²) in [5, 5.41) is 0. The molecule has 0 atom stereocenters. The third-order valence-electron chi connectivity index (χ3n) is 7.89. The zero-order chi connectivity index (χ0) is 27.1. The average Bonchev–Trinajstić information content (AvgIpc) is 3.31. The van der Waals surface area contributed by atoms with Crippen LogP contribution in [0.4, 0.5) is 25.8 Å². The van der Waals surface area contributed by atoms with Crippen molar-refractivity contribution in [2.45, 2.75) is 5.41 Å². The fourth-order valence-corrected chi connectivity index (χ4v) is 6.25. The zero-order valence-corrected chi connectivity index (χ0v) is 21.6. The molecule has 0 unspecified atom stereocenters. The fraction of sp³-hybridized carbons (Fsp3) is 0.0270. The van der Waals surface area contributed by atoms with Gasteiger partial charge in [-0.15, -0.1) is 0 Å². The molecule has 7 rings (SSSR count). The first-order valence-corrected chi connectivity index (χ1v) is 13.3. The lowest BCUT2D eigenvalue weighted by Crippen LogP contribution is -2.28. The van der Waals surface area contributed by atoms with E-state index >= 15 is 8.78 Å². The van der Waals surface area contributed by atoms with Crippen LogP contribution in [0.25, 0.3) is 11.1 Å². The lowest BCUT2D eigenvalue weighted by Gasteiger charge is -2.35. The molecule has 3 heteroatoms. The standard InChI is InChI=1S/C37H25F2N/c38-33-19-9-11-21-35(33)40(36-22-12-10-20-34(36)39)28-23-24-30-29-17-7-8-18-31(29)37(32(30)25-28,26-13-3-1-4-14-26)27-15-5-2-6-16-27/h1-25H. The number of anilines is 3. The first kappa shape index (κ1) is 24.1.